The van der Waals surface area contributed by atoms with Gasteiger partial charge in [0.05, 0.1) is 129 Å². The zero-order valence-corrected chi connectivity index (χ0v) is 46.8. The summed E-state index contributed by atoms with van der Waals surface area (Å²) in [7, 11) is 0. The number of carbonyl (C=O) groups excluding carboxylic acids is 1. The van der Waals surface area contributed by atoms with E-state index < -0.39 is 103 Å². The summed E-state index contributed by atoms with van der Waals surface area (Å²) in [5.41, 5.74) is 2.08. The Morgan fingerprint density at radius 3 is 2.09 bits per heavy atom. The van der Waals surface area contributed by atoms with E-state index in [1.165, 1.54) is 0 Å². The van der Waals surface area contributed by atoms with Crippen LogP contribution in [-0.2, 0) is 75.8 Å². The van der Waals surface area contributed by atoms with Crippen molar-refractivity contribution in [1.82, 2.24) is 0 Å². The normalized spacial score (nSPS) is 57.6. The molecule has 16 heterocycles. The average molecular weight is 1130 g/mol. The van der Waals surface area contributed by atoms with Gasteiger partial charge in [-0.2, -0.15) is 0 Å². The largest absolute Gasteiger partial charge is 0.459 e. The van der Waals surface area contributed by atoms with E-state index in [0.717, 1.165) is 36.8 Å². The summed E-state index contributed by atoms with van der Waals surface area (Å²) in [6.45, 7) is 17.3. The molecule has 0 aromatic rings. The smallest absolute Gasteiger partial charge is 0.308 e. The fourth-order valence-electron chi connectivity index (χ4n) is 18.2. The highest BCUT2D eigenvalue weighted by molar-refractivity contribution is 5.70. The van der Waals surface area contributed by atoms with Gasteiger partial charge in [0, 0.05) is 63.7 Å². The lowest BCUT2D eigenvalue weighted by Crippen LogP contribution is -2.62. The minimum atomic E-state index is -1.55. The first kappa shape index (κ1) is 54.9. The number of aliphatic hydroxyl groups is 4. The van der Waals surface area contributed by atoms with Gasteiger partial charge < -0.3 is 91.5 Å². The monoisotopic (exact) mass is 1130 g/mol. The third kappa shape index (κ3) is 9.31. The molecule has 16 saturated heterocycles. The third-order valence-electron chi connectivity index (χ3n) is 22.0. The second kappa shape index (κ2) is 20.2. The van der Waals surface area contributed by atoms with Crippen LogP contribution in [0.2, 0.25) is 0 Å². The van der Waals surface area contributed by atoms with Crippen LogP contribution in [0.3, 0.4) is 0 Å². The van der Waals surface area contributed by atoms with Crippen LogP contribution in [0.4, 0.5) is 0 Å². The quantitative estimate of drug-likeness (QED) is 0.228. The topological polar surface area (TPSA) is 236 Å². The third-order valence-corrected chi connectivity index (χ3v) is 22.0. The highest BCUT2D eigenvalue weighted by Gasteiger charge is 2.75. The molecule has 32 atom stereocenters. The Labute approximate surface area is 468 Å². The molecule has 16 aliphatic heterocycles. The number of fused-ring (bicyclic) bond motifs is 10. The summed E-state index contributed by atoms with van der Waals surface area (Å²) in [6, 6.07) is 0. The maximum atomic E-state index is 14.6. The molecule has 0 amide bonds. The molecule has 446 valence electrons. The molecule has 16 fully saturated rings. The number of aliphatic hydroxyl groups excluding tert-OH is 3. The van der Waals surface area contributed by atoms with Gasteiger partial charge in [-0.3, -0.25) is 4.79 Å². The lowest BCUT2D eigenvalue weighted by atomic mass is 9.79. The average Bonchev–Trinajstić information content (AvgIpc) is 4.40. The Balaban J connectivity index is 0.658. The van der Waals surface area contributed by atoms with Crippen LogP contribution in [-0.4, -0.2) is 203 Å². The Morgan fingerprint density at radius 1 is 0.550 bits per heavy atom. The van der Waals surface area contributed by atoms with Gasteiger partial charge in [0.2, 0.25) is 5.79 Å². The van der Waals surface area contributed by atoms with Crippen LogP contribution in [0, 0.1) is 23.7 Å². The molecule has 0 saturated carbocycles. The number of hydrogen-bond donors (Lipinski definition) is 4. The first-order chi connectivity index (χ1) is 38.3. The van der Waals surface area contributed by atoms with Crippen molar-refractivity contribution in [2.45, 2.75) is 313 Å². The first-order valence-corrected chi connectivity index (χ1v) is 30.9. The van der Waals surface area contributed by atoms with Crippen LogP contribution < -0.4 is 0 Å². The molecule has 16 aliphatic rings. The van der Waals surface area contributed by atoms with E-state index in [2.05, 4.69) is 40.9 Å². The highest BCUT2D eigenvalue weighted by Crippen LogP contribution is 2.59. The van der Waals surface area contributed by atoms with Crippen molar-refractivity contribution >= 4 is 5.97 Å². The van der Waals surface area contributed by atoms with Crippen molar-refractivity contribution in [2.75, 3.05) is 6.61 Å². The van der Waals surface area contributed by atoms with Crippen molar-refractivity contribution in [3.8, 4) is 0 Å². The molecule has 12 bridgehead atoms. The van der Waals surface area contributed by atoms with E-state index >= 15 is 0 Å². The molecule has 20 nitrogen and oxygen atoms in total. The highest BCUT2D eigenvalue weighted by atomic mass is 16.8. The Morgan fingerprint density at radius 2 is 1.25 bits per heavy atom. The predicted molar refractivity (Wildman–Crippen MR) is 275 cm³/mol. The number of hydrogen-bond acceptors (Lipinski definition) is 20. The zero-order chi connectivity index (χ0) is 54.9. The van der Waals surface area contributed by atoms with Gasteiger partial charge in [0.1, 0.15) is 36.6 Å². The van der Waals surface area contributed by atoms with Gasteiger partial charge >= 0.3 is 5.97 Å². The van der Waals surface area contributed by atoms with Crippen molar-refractivity contribution in [3.63, 3.8) is 0 Å². The molecule has 4 N–H and O–H groups in total. The molecular weight excluding hydrogens is 1040 g/mol. The standard InChI is InChI=1S/C60H86O20/c1-26-13-33-7-9-37-27(2)14-35(66-37)11-12-57-25-60(65)56(80-57)55-54(79-60)53(78-57)52-38(70-55)10-8-34(68-52)16-47(64)73-51-31(6)50-43(69-42(51)17-39(67-33)30(26)5)19-41-45(72-50)22-59(74-41)23-46-49(77-59)29(4)21-58(76-46)20-28(3)48-44(75-58)18-40(71-48)36(63)15-32(62)24-61/h26,28-29,31-46,48-56,61-63,65H,2,5,7-25H2,1,3-4,6H3/t26-,28+,29+,31+,32-,33+,34-,35+,36+,37+,38+,39-,40+,41-,42+,43+,44+,45-,46+,48+,49+,50+,51-,52+,53+,54+,55-,56-,57-,58-,59+,60?/m1/s1. The van der Waals surface area contributed by atoms with Gasteiger partial charge in [-0.05, 0) is 73.8 Å². The van der Waals surface area contributed by atoms with Crippen LogP contribution in [0.25, 0.3) is 0 Å². The van der Waals surface area contributed by atoms with E-state index in [-0.39, 0.29) is 122 Å². The number of rotatable bonds is 4. The van der Waals surface area contributed by atoms with E-state index in [0.29, 0.717) is 70.6 Å². The van der Waals surface area contributed by atoms with Gasteiger partial charge in [0.25, 0.3) is 0 Å². The lowest BCUT2D eigenvalue weighted by molar-refractivity contribution is -0.347. The van der Waals surface area contributed by atoms with Crippen LogP contribution >= 0.6 is 0 Å². The predicted octanol–water partition coefficient (Wildman–Crippen LogP) is 4.25. The Hall–Kier alpha value is -1.77. The zero-order valence-electron chi connectivity index (χ0n) is 46.8. The molecule has 0 aliphatic carbocycles. The maximum absolute atomic E-state index is 14.6. The first-order valence-electron chi connectivity index (χ1n) is 30.9. The molecule has 0 aromatic heterocycles. The van der Waals surface area contributed by atoms with Crippen LogP contribution in [0.5, 0.6) is 0 Å². The summed E-state index contributed by atoms with van der Waals surface area (Å²) in [6.07, 6.45) is -0.945. The SMILES string of the molecule is C=C1C[C@@H]2CC[C@@]34CC5(O)O[C@H]6[C@@H](O3)[C@H]3O[C@H](CC[C@@H]3O[C@H]6[C@H]5O4)CC(=O)O[C@@H]3[C@@H](C)[C@@H]4O[C@@H]5C[C@]6(C[C@@H]7O[C@]8(C[C@H](C)[C@@H]9O[C@H]([C@@H](O)C[C@@H](O)CO)C[C@@H]9O8)C[C@H](C)[C@@H]7O6)O[C@@H]5C[C@@H]4O[C@H]3C[C@H]3O[C@@H](CC[C@@H]1O2)C[C@@H](C)C3=C. The second-order valence-electron chi connectivity index (χ2n) is 27.8. The summed E-state index contributed by atoms with van der Waals surface area (Å²) in [4.78, 5) is 14.6. The molecular formula is C60H86O20. The minimum Gasteiger partial charge on any atom is -0.459 e. The number of carbonyl (C=O) groups is 1. The molecule has 0 radical (unpaired) electrons. The van der Waals surface area contributed by atoms with Crippen molar-refractivity contribution in [2.24, 2.45) is 23.7 Å². The summed E-state index contributed by atoms with van der Waals surface area (Å²) >= 11 is 0. The molecule has 0 aromatic carbocycles. The van der Waals surface area contributed by atoms with Gasteiger partial charge in [0.15, 0.2) is 17.4 Å². The molecule has 3 spiro atoms. The van der Waals surface area contributed by atoms with E-state index in [4.69, 9.17) is 71.1 Å². The second-order valence-corrected chi connectivity index (χ2v) is 27.8. The summed E-state index contributed by atoms with van der Waals surface area (Å²) in [5.74, 6) is -4.74. The molecule has 1 unspecified atom stereocenters. The van der Waals surface area contributed by atoms with Crippen LogP contribution in [0.1, 0.15) is 143 Å². The summed E-state index contributed by atoms with van der Waals surface area (Å²) < 4.78 is 103. The maximum Gasteiger partial charge on any atom is 0.308 e. The minimum absolute atomic E-state index is 0.0152. The van der Waals surface area contributed by atoms with Crippen molar-refractivity contribution in [3.05, 3.63) is 24.3 Å². The van der Waals surface area contributed by atoms with E-state index in [1.807, 2.05) is 0 Å². The van der Waals surface area contributed by atoms with E-state index in [1.54, 1.807) is 0 Å². The molecule has 20 heteroatoms. The fraction of sp³-hybridized carbons (Fsp3) is 0.917. The van der Waals surface area contributed by atoms with Gasteiger partial charge in [-0.1, -0.05) is 40.9 Å². The molecule has 80 heavy (non-hydrogen) atoms. The Bertz CT molecular complexity index is 2400. The van der Waals surface area contributed by atoms with E-state index in [9.17, 15) is 25.2 Å². The van der Waals surface area contributed by atoms with Crippen molar-refractivity contribution in [1.29, 1.82) is 0 Å². The van der Waals surface area contributed by atoms with Gasteiger partial charge in [-0.25, -0.2) is 0 Å². The molecule has 16 rings (SSSR count). The number of ether oxygens (including phenoxy) is 15. The van der Waals surface area contributed by atoms with Gasteiger partial charge in [-0.15, -0.1) is 0 Å². The van der Waals surface area contributed by atoms with Crippen molar-refractivity contribution < 1.29 is 96.3 Å². The Kier molecular flexibility index (Phi) is 13.8. The summed E-state index contributed by atoms with van der Waals surface area (Å²) in [5, 5.41) is 42.3. The fourth-order valence-corrected chi connectivity index (χ4v) is 18.2. The van der Waals surface area contributed by atoms with Crippen LogP contribution in [0.15, 0.2) is 24.3 Å². The lowest BCUT2D eigenvalue weighted by Gasteiger charge is -2.50. The number of esters is 1.